The molecule has 1 aromatic carbocycles. The molecule has 2 rings (SSSR count). The van der Waals surface area contributed by atoms with E-state index >= 15 is 0 Å². The van der Waals surface area contributed by atoms with Gasteiger partial charge in [-0.05, 0) is 31.9 Å². The second kappa shape index (κ2) is 6.34. The standard InChI is InChI=1S/C15H19N3O2/c1-10(9-14(19)12-6-4-3-5-7-12)16-15(20)13-8-11(2)17-18-13/h3-8,10,14,19H,9H2,1-2H3,(H,16,20)(H,17,18). The number of carbonyl (C=O) groups is 1. The lowest BCUT2D eigenvalue weighted by molar-refractivity contribution is 0.0912. The number of amides is 1. The minimum atomic E-state index is -0.590. The van der Waals surface area contributed by atoms with E-state index < -0.39 is 6.10 Å². The Morgan fingerprint density at radius 1 is 1.40 bits per heavy atom. The van der Waals surface area contributed by atoms with Crippen molar-refractivity contribution in [1.29, 1.82) is 0 Å². The molecular weight excluding hydrogens is 254 g/mol. The van der Waals surface area contributed by atoms with E-state index in [1.165, 1.54) is 0 Å². The highest BCUT2D eigenvalue weighted by atomic mass is 16.3. The average molecular weight is 273 g/mol. The van der Waals surface area contributed by atoms with Gasteiger partial charge in [0, 0.05) is 11.7 Å². The maximum absolute atomic E-state index is 11.9. The highest BCUT2D eigenvalue weighted by Gasteiger charge is 2.16. The number of aliphatic hydroxyl groups is 1. The Morgan fingerprint density at radius 2 is 2.10 bits per heavy atom. The predicted octanol–water partition coefficient (Wildman–Crippen LogP) is 1.96. The molecule has 5 heteroatoms. The van der Waals surface area contributed by atoms with Gasteiger partial charge in [-0.15, -0.1) is 0 Å². The Balaban J connectivity index is 1.89. The van der Waals surface area contributed by atoms with Crippen molar-refractivity contribution >= 4 is 5.91 Å². The van der Waals surface area contributed by atoms with Crippen LogP contribution in [0.4, 0.5) is 0 Å². The molecule has 5 nitrogen and oxygen atoms in total. The Kier molecular flexibility index (Phi) is 4.53. The zero-order chi connectivity index (χ0) is 14.5. The van der Waals surface area contributed by atoms with E-state index in [-0.39, 0.29) is 11.9 Å². The second-order valence-corrected chi connectivity index (χ2v) is 4.97. The van der Waals surface area contributed by atoms with E-state index in [2.05, 4.69) is 15.5 Å². The van der Waals surface area contributed by atoms with Crippen molar-refractivity contribution in [3.8, 4) is 0 Å². The van der Waals surface area contributed by atoms with Crippen LogP contribution in [-0.4, -0.2) is 27.3 Å². The lowest BCUT2D eigenvalue weighted by atomic mass is 10.0. The van der Waals surface area contributed by atoms with Crippen LogP contribution in [0.3, 0.4) is 0 Å². The van der Waals surface area contributed by atoms with E-state index in [1.54, 1.807) is 6.07 Å². The van der Waals surface area contributed by atoms with Crippen LogP contribution in [0.25, 0.3) is 0 Å². The maximum atomic E-state index is 11.9. The van der Waals surface area contributed by atoms with Crippen molar-refractivity contribution in [2.24, 2.45) is 0 Å². The van der Waals surface area contributed by atoms with Crippen molar-refractivity contribution in [3.63, 3.8) is 0 Å². The molecule has 1 heterocycles. The van der Waals surface area contributed by atoms with Crippen LogP contribution in [-0.2, 0) is 0 Å². The molecule has 106 valence electrons. The molecule has 1 aromatic heterocycles. The Morgan fingerprint density at radius 3 is 2.70 bits per heavy atom. The Labute approximate surface area is 118 Å². The van der Waals surface area contributed by atoms with Gasteiger partial charge < -0.3 is 10.4 Å². The number of aromatic amines is 1. The lowest BCUT2D eigenvalue weighted by Crippen LogP contribution is -2.34. The molecule has 0 fully saturated rings. The summed E-state index contributed by atoms with van der Waals surface area (Å²) < 4.78 is 0. The van der Waals surface area contributed by atoms with Gasteiger partial charge in [0.25, 0.3) is 5.91 Å². The van der Waals surface area contributed by atoms with Crippen LogP contribution >= 0.6 is 0 Å². The summed E-state index contributed by atoms with van der Waals surface area (Å²) in [7, 11) is 0. The number of H-pyrrole nitrogens is 1. The van der Waals surface area contributed by atoms with Crippen LogP contribution in [0, 0.1) is 6.92 Å². The van der Waals surface area contributed by atoms with Gasteiger partial charge in [-0.3, -0.25) is 9.89 Å². The second-order valence-electron chi connectivity index (χ2n) is 4.97. The number of aryl methyl sites for hydroxylation is 1. The first kappa shape index (κ1) is 14.3. The predicted molar refractivity (Wildman–Crippen MR) is 76.3 cm³/mol. The first-order chi connectivity index (χ1) is 9.56. The highest BCUT2D eigenvalue weighted by Crippen LogP contribution is 2.17. The van der Waals surface area contributed by atoms with Gasteiger partial charge in [0.05, 0.1) is 6.10 Å². The van der Waals surface area contributed by atoms with E-state index in [9.17, 15) is 9.90 Å². The number of benzene rings is 1. The maximum Gasteiger partial charge on any atom is 0.271 e. The Hall–Kier alpha value is -2.14. The molecule has 0 radical (unpaired) electrons. The molecule has 2 aromatic rings. The van der Waals surface area contributed by atoms with Crippen molar-refractivity contribution in [3.05, 3.63) is 53.3 Å². The van der Waals surface area contributed by atoms with Gasteiger partial charge in [-0.2, -0.15) is 5.10 Å². The van der Waals surface area contributed by atoms with Crippen LogP contribution in [0.2, 0.25) is 0 Å². The van der Waals surface area contributed by atoms with E-state index in [4.69, 9.17) is 0 Å². The molecule has 2 unspecified atom stereocenters. The summed E-state index contributed by atoms with van der Waals surface area (Å²) in [6.45, 7) is 3.70. The summed E-state index contributed by atoms with van der Waals surface area (Å²) in [5.41, 5.74) is 2.06. The Bertz CT molecular complexity index is 566. The third-order valence-corrected chi connectivity index (χ3v) is 3.08. The van der Waals surface area contributed by atoms with Crippen LogP contribution < -0.4 is 5.32 Å². The number of nitrogens with zero attached hydrogens (tertiary/aromatic N) is 1. The lowest BCUT2D eigenvalue weighted by Gasteiger charge is -2.17. The van der Waals surface area contributed by atoms with Crippen LogP contribution in [0.5, 0.6) is 0 Å². The van der Waals surface area contributed by atoms with E-state index in [0.717, 1.165) is 11.3 Å². The third-order valence-electron chi connectivity index (χ3n) is 3.08. The summed E-state index contributed by atoms with van der Waals surface area (Å²) >= 11 is 0. The van der Waals surface area contributed by atoms with Gasteiger partial charge in [-0.25, -0.2) is 0 Å². The van der Waals surface area contributed by atoms with E-state index in [0.29, 0.717) is 12.1 Å². The fourth-order valence-electron chi connectivity index (χ4n) is 2.04. The number of nitrogens with one attached hydrogen (secondary N) is 2. The smallest absolute Gasteiger partial charge is 0.271 e. The minimum Gasteiger partial charge on any atom is -0.388 e. The van der Waals surface area contributed by atoms with Crippen molar-refractivity contribution < 1.29 is 9.90 Å². The van der Waals surface area contributed by atoms with Crippen LogP contribution in [0.15, 0.2) is 36.4 Å². The van der Waals surface area contributed by atoms with Gasteiger partial charge in [0.2, 0.25) is 0 Å². The summed E-state index contributed by atoms with van der Waals surface area (Å²) in [4.78, 5) is 11.9. The summed E-state index contributed by atoms with van der Waals surface area (Å²) in [5.74, 6) is -0.234. The van der Waals surface area contributed by atoms with Gasteiger partial charge in [0.1, 0.15) is 5.69 Å². The molecule has 3 N–H and O–H groups in total. The number of aromatic nitrogens is 2. The topological polar surface area (TPSA) is 78.0 Å². The van der Waals surface area contributed by atoms with Crippen LogP contribution in [0.1, 0.15) is 41.2 Å². The molecule has 0 aliphatic heterocycles. The molecule has 0 spiro atoms. The molecule has 0 saturated carbocycles. The molecule has 0 aliphatic carbocycles. The number of hydrogen-bond acceptors (Lipinski definition) is 3. The highest BCUT2D eigenvalue weighted by molar-refractivity contribution is 5.92. The van der Waals surface area contributed by atoms with Gasteiger partial charge in [0.15, 0.2) is 0 Å². The number of hydrogen-bond donors (Lipinski definition) is 3. The summed E-state index contributed by atoms with van der Waals surface area (Å²) in [5, 5.41) is 19.6. The fourth-order valence-corrected chi connectivity index (χ4v) is 2.04. The van der Waals surface area contributed by atoms with Crippen molar-refractivity contribution in [2.75, 3.05) is 0 Å². The van der Waals surface area contributed by atoms with Gasteiger partial charge >= 0.3 is 0 Å². The first-order valence-electron chi connectivity index (χ1n) is 6.62. The quantitative estimate of drug-likeness (QED) is 0.779. The normalized spacial score (nSPS) is 13.8. The molecule has 20 heavy (non-hydrogen) atoms. The minimum absolute atomic E-state index is 0.144. The molecule has 0 bridgehead atoms. The molecule has 0 aliphatic rings. The molecular formula is C15H19N3O2. The SMILES string of the molecule is Cc1cc(C(=O)NC(C)CC(O)c2ccccc2)n[nH]1. The van der Waals surface area contributed by atoms with Crippen molar-refractivity contribution in [1.82, 2.24) is 15.5 Å². The van der Waals surface area contributed by atoms with Crippen molar-refractivity contribution in [2.45, 2.75) is 32.4 Å². The number of aliphatic hydroxyl groups excluding tert-OH is 1. The first-order valence-corrected chi connectivity index (χ1v) is 6.62. The number of rotatable bonds is 5. The summed E-state index contributed by atoms with van der Waals surface area (Å²) in [6, 6.07) is 11.0. The third kappa shape index (κ3) is 3.68. The average Bonchev–Trinajstić information content (AvgIpc) is 2.86. The zero-order valence-corrected chi connectivity index (χ0v) is 11.6. The molecule has 1 amide bonds. The molecule has 0 saturated heterocycles. The fraction of sp³-hybridized carbons (Fsp3) is 0.333. The number of carbonyl (C=O) groups excluding carboxylic acids is 1. The zero-order valence-electron chi connectivity index (χ0n) is 11.6. The van der Waals surface area contributed by atoms with E-state index in [1.807, 2.05) is 44.2 Å². The van der Waals surface area contributed by atoms with Gasteiger partial charge in [-0.1, -0.05) is 30.3 Å². The summed E-state index contributed by atoms with van der Waals surface area (Å²) in [6.07, 6.45) is -0.133. The monoisotopic (exact) mass is 273 g/mol. The molecule has 2 atom stereocenters. The largest absolute Gasteiger partial charge is 0.388 e.